The summed E-state index contributed by atoms with van der Waals surface area (Å²) in [4.78, 5) is 24.5. The van der Waals surface area contributed by atoms with Gasteiger partial charge in [0.2, 0.25) is 5.95 Å². The molecule has 1 N–H and O–H groups in total. The van der Waals surface area contributed by atoms with Crippen LogP contribution in [0, 0.1) is 6.92 Å². The van der Waals surface area contributed by atoms with Crippen molar-refractivity contribution in [3.05, 3.63) is 50.9 Å². The van der Waals surface area contributed by atoms with Crippen LogP contribution in [0.2, 0.25) is 5.02 Å². The monoisotopic (exact) mass is 360 g/mol. The minimum atomic E-state index is 0.0103. The lowest BCUT2D eigenvalue weighted by atomic mass is 10.1. The number of nitrogens with zero attached hydrogens (tertiary/aromatic N) is 3. The number of hydrogen-bond donors (Lipinski definition) is 1. The van der Waals surface area contributed by atoms with E-state index in [9.17, 15) is 4.79 Å². The average Bonchev–Trinajstić information content (AvgIpc) is 2.62. The van der Waals surface area contributed by atoms with Gasteiger partial charge in [-0.1, -0.05) is 24.9 Å². The van der Waals surface area contributed by atoms with E-state index in [4.69, 9.17) is 11.6 Å². The Morgan fingerprint density at radius 2 is 1.76 bits per heavy atom. The fraction of sp³-hybridized carbons (Fsp3) is 0.474. The van der Waals surface area contributed by atoms with Crippen molar-refractivity contribution in [2.45, 2.75) is 33.1 Å². The summed E-state index contributed by atoms with van der Waals surface area (Å²) < 4.78 is 0. The van der Waals surface area contributed by atoms with Gasteiger partial charge >= 0.3 is 0 Å². The average molecular weight is 361 g/mol. The first-order chi connectivity index (χ1) is 12.1. The van der Waals surface area contributed by atoms with E-state index in [0.29, 0.717) is 5.95 Å². The van der Waals surface area contributed by atoms with Gasteiger partial charge < -0.3 is 9.80 Å². The van der Waals surface area contributed by atoms with Crippen LogP contribution in [0.3, 0.4) is 0 Å². The summed E-state index contributed by atoms with van der Waals surface area (Å²) in [5, 5.41) is 0.753. The predicted octanol–water partition coefficient (Wildman–Crippen LogP) is 3.40. The minimum absolute atomic E-state index is 0.0103. The van der Waals surface area contributed by atoms with Crippen LogP contribution in [-0.4, -0.2) is 36.1 Å². The van der Waals surface area contributed by atoms with Crippen molar-refractivity contribution in [1.82, 2.24) is 9.97 Å². The summed E-state index contributed by atoms with van der Waals surface area (Å²) in [5.74, 6) is 0.693. The molecule has 134 valence electrons. The van der Waals surface area contributed by atoms with Crippen molar-refractivity contribution in [1.29, 1.82) is 0 Å². The topological polar surface area (TPSA) is 52.2 Å². The largest absolute Gasteiger partial charge is 0.368 e. The van der Waals surface area contributed by atoms with E-state index in [2.05, 4.69) is 26.7 Å². The molecule has 2 aromatic rings. The Hall–Kier alpha value is -2.01. The van der Waals surface area contributed by atoms with Gasteiger partial charge in [0.1, 0.15) is 0 Å². The van der Waals surface area contributed by atoms with E-state index < -0.39 is 0 Å². The molecule has 25 heavy (non-hydrogen) atoms. The molecule has 0 aliphatic carbocycles. The van der Waals surface area contributed by atoms with Crippen LogP contribution in [0.5, 0.6) is 0 Å². The molecule has 0 amide bonds. The van der Waals surface area contributed by atoms with Crippen LogP contribution >= 0.6 is 11.6 Å². The Bertz CT molecular complexity index is 764. The molecule has 2 heterocycles. The smallest absolute Gasteiger partial charge is 0.255 e. The number of aryl methyl sites for hydroxylation is 1. The highest BCUT2D eigenvalue weighted by Gasteiger charge is 2.20. The lowest BCUT2D eigenvalue weighted by molar-refractivity contribution is 0.636. The fourth-order valence-electron chi connectivity index (χ4n) is 3.22. The van der Waals surface area contributed by atoms with Gasteiger partial charge in [-0.3, -0.25) is 9.78 Å². The third-order valence-corrected chi connectivity index (χ3v) is 5.01. The second kappa shape index (κ2) is 7.91. The van der Waals surface area contributed by atoms with Crippen LogP contribution in [0.1, 0.15) is 31.0 Å². The maximum absolute atomic E-state index is 12.4. The number of rotatable bonds is 5. The van der Waals surface area contributed by atoms with Gasteiger partial charge in [0.25, 0.3) is 5.56 Å². The second-order valence-corrected chi connectivity index (χ2v) is 6.94. The highest BCUT2D eigenvalue weighted by atomic mass is 35.5. The van der Waals surface area contributed by atoms with Gasteiger partial charge in [0.05, 0.1) is 0 Å². The summed E-state index contributed by atoms with van der Waals surface area (Å²) in [7, 11) is 0. The summed E-state index contributed by atoms with van der Waals surface area (Å²) in [6.45, 7) is 7.52. The Labute approximate surface area is 153 Å². The number of benzene rings is 1. The number of aromatic nitrogens is 2. The molecule has 0 spiro atoms. The third kappa shape index (κ3) is 4.15. The normalized spacial score (nSPS) is 14.8. The molecule has 0 saturated carbocycles. The molecular formula is C19H25ClN4O. The van der Waals surface area contributed by atoms with Gasteiger partial charge in [-0.05, 0) is 44.0 Å². The zero-order valence-electron chi connectivity index (χ0n) is 14.9. The van der Waals surface area contributed by atoms with Gasteiger partial charge in [-0.15, -0.1) is 0 Å². The zero-order chi connectivity index (χ0) is 17.8. The molecule has 1 aromatic heterocycles. The Morgan fingerprint density at radius 3 is 2.36 bits per heavy atom. The maximum atomic E-state index is 12.4. The van der Waals surface area contributed by atoms with Crippen molar-refractivity contribution in [3.8, 4) is 0 Å². The first-order valence-electron chi connectivity index (χ1n) is 8.93. The van der Waals surface area contributed by atoms with E-state index >= 15 is 0 Å². The van der Waals surface area contributed by atoms with Gasteiger partial charge in [0, 0.05) is 48.1 Å². The Balaban J connectivity index is 1.68. The molecule has 3 rings (SSSR count). The lowest BCUT2D eigenvalue weighted by Crippen LogP contribution is -2.47. The van der Waals surface area contributed by atoms with Crippen molar-refractivity contribution < 1.29 is 0 Å². The van der Waals surface area contributed by atoms with E-state index in [1.54, 1.807) is 0 Å². The van der Waals surface area contributed by atoms with Crippen molar-refractivity contribution in [3.63, 3.8) is 0 Å². The van der Waals surface area contributed by atoms with Crippen molar-refractivity contribution >= 4 is 23.2 Å². The fourth-order valence-corrected chi connectivity index (χ4v) is 3.35. The van der Waals surface area contributed by atoms with Crippen LogP contribution in [0.4, 0.5) is 11.6 Å². The number of anilines is 2. The SMILES string of the molecule is CCCCc1c(C)nc(N2CCN(c3ccc(Cl)cc3)CC2)[nH]c1=O. The van der Waals surface area contributed by atoms with E-state index in [1.165, 1.54) is 5.69 Å². The molecule has 1 saturated heterocycles. The number of halogens is 1. The number of piperazine rings is 1. The molecule has 1 aliphatic rings. The molecule has 0 atom stereocenters. The summed E-state index contributed by atoms with van der Waals surface area (Å²) in [6.07, 6.45) is 2.90. The number of aromatic amines is 1. The van der Waals surface area contributed by atoms with E-state index in [1.807, 2.05) is 31.2 Å². The number of hydrogen-bond acceptors (Lipinski definition) is 4. The van der Waals surface area contributed by atoms with Crippen LogP contribution in [-0.2, 0) is 6.42 Å². The van der Waals surface area contributed by atoms with Crippen molar-refractivity contribution in [2.24, 2.45) is 0 Å². The minimum Gasteiger partial charge on any atom is -0.368 e. The number of nitrogens with one attached hydrogen (secondary N) is 1. The molecular weight excluding hydrogens is 336 g/mol. The van der Waals surface area contributed by atoms with Crippen LogP contribution < -0.4 is 15.4 Å². The first-order valence-corrected chi connectivity index (χ1v) is 9.31. The standard InChI is InChI=1S/C19H25ClN4O/c1-3-4-5-17-14(2)21-19(22-18(17)25)24-12-10-23(11-13-24)16-8-6-15(20)7-9-16/h6-9H,3-5,10-13H2,1-2H3,(H,21,22,25). The van der Waals surface area contributed by atoms with Gasteiger partial charge in [-0.2, -0.15) is 0 Å². The maximum Gasteiger partial charge on any atom is 0.255 e. The van der Waals surface area contributed by atoms with E-state index in [0.717, 1.165) is 61.7 Å². The van der Waals surface area contributed by atoms with Gasteiger partial charge in [0.15, 0.2) is 0 Å². The summed E-state index contributed by atoms with van der Waals surface area (Å²) >= 11 is 5.96. The highest BCUT2D eigenvalue weighted by molar-refractivity contribution is 6.30. The quantitative estimate of drug-likeness (QED) is 0.887. The number of H-pyrrole nitrogens is 1. The molecule has 0 bridgehead atoms. The van der Waals surface area contributed by atoms with Crippen LogP contribution in [0.25, 0.3) is 0 Å². The number of unbranched alkanes of at least 4 members (excludes halogenated alkanes) is 1. The molecule has 0 unspecified atom stereocenters. The molecule has 1 aromatic carbocycles. The summed E-state index contributed by atoms with van der Waals surface area (Å²) in [5.41, 5.74) is 2.87. The van der Waals surface area contributed by atoms with E-state index in [-0.39, 0.29) is 5.56 Å². The Kier molecular flexibility index (Phi) is 5.63. The molecule has 1 fully saturated rings. The second-order valence-electron chi connectivity index (χ2n) is 6.51. The van der Waals surface area contributed by atoms with Gasteiger partial charge in [-0.25, -0.2) is 4.98 Å². The Morgan fingerprint density at radius 1 is 1.12 bits per heavy atom. The molecule has 1 aliphatic heterocycles. The zero-order valence-corrected chi connectivity index (χ0v) is 15.6. The van der Waals surface area contributed by atoms with Crippen LogP contribution in [0.15, 0.2) is 29.1 Å². The molecule has 6 heteroatoms. The highest BCUT2D eigenvalue weighted by Crippen LogP contribution is 2.20. The lowest BCUT2D eigenvalue weighted by Gasteiger charge is -2.36. The summed E-state index contributed by atoms with van der Waals surface area (Å²) in [6, 6.07) is 7.93. The molecule has 0 radical (unpaired) electrons. The molecule has 5 nitrogen and oxygen atoms in total. The van der Waals surface area contributed by atoms with Crippen molar-refractivity contribution in [2.75, 3.05) is 36.0 Å². The third-order valence-electron chi connectivity index (χ3n) is 4.76. The predicted molar refractivity (Wildman–Crippen MR) is 104 cm³/mol. The first kappa shape index (κ1) is 17.8.